The quantitative estimate of drug-likeness (QED) is 0.672. The number of rotatable bonds is 2. The molecule has 0 unspecified atom stereocenters. The zero-order valence-electron chi connectivity index (χ0n) is 7.50. The number of nitrogens with zero attached hydrogens (tertiary/aromatic N) is 2. The van der Waals surface area contributed by atoms with Crippen LogP contribution in [-0.4, -0.2) is 9.38 Å². The van der Waals surface area contributed by atoms with Crippen LogP contribution >= 0.6 is 11.6 Å². The van der Waals surface area contributed by atoms with Crippen LogP contribution in [-0.2, 0) is 6.42 Å². The highest BCUT2D eigenvalue weighted by Crippen LogP contribution is 2.16. The van der Waals surface area contributed by atoms with E-state index >= 15 is 0 Å². The van der Waals surface area contributed by atoms with Gasteiger partial charge in [-0.25, -0.2) is 4.98 Å². The summed E-state index contributed by atoms with van der Waals surface area (Å²) < 4.78 is 1.88. The van der Waals surface area contributed by atoms with Crippen molar-refractivity contribution in [3.8, 4) is 0 Å². The summed E-state index contributed by atoms with van der Waals surface area (Å²) >= 11 is 6.06. The molecule has 2 aromatic rings. The minimum atomic E-state index is 0.735. The Morgan fingerprint density at radius 2 is 2.31 bits per heavy atom. The van der Waals surface area contributed by atoms with Gasteiger partial charge in [0.1, 0.15) is 10.8 Å². The molecule has 0 fully saturated rings. The van der Waals surface area contributed by atoms with Crippen molar-refractivity contribution in [2.75, 3.05) is 0 Å². The van der Waals surface area contributed by atoms with E-state index < -0.39 is 0 Å². The number of halogens is 1. The Kier molecular flexibility index (Phi) is 2.23. The van der Waals surface area contributed by atoms with Crippen molar-refractivity contribution in [1.82, 2.24) is 9.38 Å². The highest BCUT2D eigenvalue weighted by molar-refractivity contribution is 6.29. The fourth-order valence-electron chi connectivity index (χ4n) is 1.47. The number of aryl methyl sites for hydroxylation is 1. The highest BCUT2D eigenvalue weighted by Gasteiger charge is 2.01. The van der Waals surface area contributed by atoms with Crippen molar-refractivity contribution in [3.05, 3.63) is 35.2 Å². The zero-order valence-corrected chi connectivity index (χ0v) is 8.25. The third-order valence-electron chi connectivity index (χ3n) is 2.06. The van der Waals surface area contributed by atoms with E-state index in [0.717, 1.165) is 23.6 Å². The number of imidazole rings is 1. The Morgan fingerprint density at radius 1 is 1.46 bits per heavy atom. The minimum absolute atomic E-state index is 0.735. The predicted octanol–water partition coefficient (Wildman–Crippen LogP) is 2.94. The standard InChI is InChI=1S/C10H11ClN2/c1-2-3-8-6-9(11)13-5-4-12-10(13)7-8/h4-7H,2-3H2,1H3. The first-order chi connectivity index (χ1) is 6.31. The van der Waals surface area contributed by atoms with E-state index in [0.29, 0.717) is 0 Å². The largest absolute Gasteiger partial charge is 0.290 e. The lowest BCUT2D eigenvalue weighted by Crippen LogP contribution is -1.90. The SMILES string of the molecule is CCCc1cc(Cl)n2ccnc2c1. The molecule has 2 nitrogen and oxygen atoms in total. The third kappa shape index (κ3) is 1.54. The Labute approximate surface area is 82.2 Å². The van der Waals surface area contributed by atoms with Gasteiger partial charge in [-0.1, -0.05) is 24.9 Å². The van der Waals surface area contributed by atoms with Gasteiger partial charge in [0.05, 0.1) is 0 Å². The monoisotopic (exact) mass is 194 g/mol. The second kappa shape index (κ2) is 3.38. The fraction of sp³-hybridized carbons (Fsp3) is 0.300. The molecule has 0 radical (unpaired) electrons. The molecule has 0 atom stereocenters. The molecule has 2 rings (SSSR count). The van der Waals surface area contributed by atoms with Crippen molar-refractivity contribution < 1.29 is 0 Å². The van der Waals surface area contributed by atoms with Crippen LogP contribution in [0, 0.1) is 0 Å². The van der Waals surface area contributed by atoms with Gasteiger partial charge in [0.2, 0.25) is 0 Å². The van der Waals surface area contributed by atoms with Crippen LogP contribution in [0.15, 0.2) is 24.5 Å². The summed E-state index contributed by atoms with van der Waals surface area (Å²) in [6.45, 7) is 2.16. The Morgan fingerprint density at radius 3 is 3.08 bits per heavy atom. The average Bonchev–Trinajstić information content (AvgIpc) is 2.53. The number of fused-ring (bicyclic) bond motifs is 1. The summed E-state index contributed by atoms with van der Waals surface area (Å²) in [6, 6.07) is 4.08. The Bertz CT molecular complexity index is 420. The summed E-state index contributed by atoms with van der Waals surface area (Å²) in [7, 11) is 0. The number of hydrogen-bond acceptors (Lipinski definition) is 1. The van der Waals surface area contributed by atoms with Crippen LogP contribution in [0.5, 0.6) is 0 Å². The molecule has 0 aromatic carbocycles. The Hall–Kier alpha value is -1.02. The molecule has 68 valence electrons. The first-order valence-electron chi connectivity index (χ1n) is 4.42. The van der Waals surface area contributed by atoms with Gasteiger partial charge in [-0.2, -0.15) is 0 Å². The molecule has 0 amide bonds. The van der Waals surface area contributed by atoms with Gasteiger partial charge in [0.25, 0.3) is 0 Å². The van der Waals surface area contributed by atoms with Crippen molar-refractivity contribution in [2.24, 2.45) is 0 Å². The summed E-state index contributed by atoms with van der Waals surface area (Å²) in [4.78, 5) is 4.20. The molecular weight excluding hydrogens is 184 g/mol. The number of pyridine rings is 1. The molecule has 0 spiro atoms. The maximum absolute atomic E-state index is 6.06. The van der Waals surface area contributed by atoms with Crippen LogP contribution in [0.4, 0.5) is 0 Å². The molecule has 0 bridgehead atoms. The summed E-state index contributed by atoms with van der Waals surface area (Å²) in [5, 5.41) is 0.735. The van der Waals surface area contributed by atoms with Crippen molar-refractivity contribution in [2.45, 2.75) is 19.8 Å². The van der Waals surface area contributed by atoms with Gasteiger partial charge < -0.3 is 0 Å². The molecule has 0 saturated carbocycles. The highest BCUT2D eigenvalue weighted by atomic mass is 35.5. The molecule has 0 aliphatic rings. The van der Waals surface area contributed by atoms with Gasteiger partial charge in [-0.3, -0.25) is 4.40 Å². The minimum Gasteiger partial charge on any atom is -0.290 e. The van der Waals surface area contributed by atoms with Gasteiger partial charge in [0, 0.05) is 12.4 Å². The lowest BCUT2D eigenvalue weighted by Gasteiger charge is -2.02. The Balaban J connectivity index is 2.56. The normalized spacial score (nSPS) is 10.9. The van der Waals surface area contributed by atoms with E-state index in [1.165, 1.54) is 5.56 Å². The van der Waals surface area contributed by atoms with E-state index in [1.54, 1.807) is 6.20 Å². The molecule has 2 heterocycles. The molecule has 0 N–H and O–H groups in total. The van der Waals surface area contributed by atoms with Crippen molar-refractivity contribution in [3.63, 3.8) is 0 Å². The summed E-state index contributed by atoms with van der Waals surface area (Å²) in [5.74, 6) is 0. The molecule has 0 aliphatic heterocycles. The van der Waals surface area contributed by atoms with E-state index in [4.69, 9.17) is 11.6 Å². The van der Waals surface area contributed by atoms with E-state index in [1.807, 2.05) is 16.7 Å². The summed E-state index contributed by atoms with van der Waals surface area (Å²) in [6.07, 6.45) is 5.82. The first-order valence-corrected chi connectivity index (χ1v) is 4.80. The lowest BCUT2D eigenvalue weighted by atomic mass is 10.1. The second-order valence-corrected chi connectivity index (χ2v) is 3.48. The van der Waals surface area contributed by atoms with Crippen LogP contribution < -0.4 is 0 Å². The molecule has 0 saturated heterocycles. The van der Waals surface area contributed by atoms with Crippen LogP contribution in [0.1, 0.15) is 18.9 Å². The molecule has 0 aliphatic carbocycles. The molecule has 2 aromatic heterocycles. The predicted molar refractivity (Wildman–Crippen MR) is 54.2 cm³/mol. The van der Waals surface area contributed by atoms with Crippen LogP contribution in [0.2, 0.25) is 5.15 Å². The molecule has 3 heteroatoms. The van der Waals surface area contributed by atoms with Gasteiger partial charge in [-0.15, -0.1) is 0 Å². The number of hydrogen-bond donors (Lipinski definition) is 0. The van der Waals surface area contributed by atoms with Crippen molar-refractivity contribution >= 4 is 17.2 Å². The van der Waals surface area contributed by atoms with E-state index in [9.17, 15) is 0 Å². The zero-order chi connectivity index (χ0) is 9.26. The van der Waals surface area contributed by atoms with E-state index in [2.05, 4.69) is 18.0 Å². The second-order valence-electron chi connectivity index (χ2n) is 3.09. The first kappa shape index (κ1) is 8.57. The topological polar surface area (TPSA) is 17.3 Å². The fourth-order valence-corrected chi connectivity index (χ4v) is 1.75. The van der Waals surface area contributed by atoms with Gasteiger partial charge >= 0.3 is 0 Å². The average molecular weight is 195 g/mol. The third-order valence-corrected chi connectivity index (χ3v) is 2.35. The maximum Gasteiger partial charge on any atom is 0.138 e. The maximum atomic E-state index is 6.06. The van der Waals surface area contributed by atoms with Gasteiger partial charge in [-0.05, 0) is 24.1 Å². The number of aromatic nitrogens is 2. The van der Waals surface area contributed by atoms with Crippen LogP contribution in [0.3, 0.4) is 0 Å². The van der Waals surface area contributed by atoms with Crippen LogP contribution in [0.25, 0.3) is 5.65 Å². The lowest BCUT2D eigenvalue weighted by molar-refractivity contribution is 0.917. The molecular formula is C10H11ClN2. The van der Waals surface area contributed by atoms with Crippen molar-refractivity contribution in [1.29, 1.82) is 0 Å². The smallest absolute Gasteiger partial charge is 0.138 e. The summed E-state index contributed by atoms with van der Waals surface area (Å²) in [5.41, 5.74) is 2.18. The van der Waals surface area contributed by atoms with E-state index in [-0.39, 0.29) is 0 Å². The molecule has 13 heavy (non-hydrogen) atoms. The van der Waals surface area contributed by atoms with Gasteiger partial charge in [0.15, 0.2) is 0 Å².